The van der Waals surface area contributed by atoms with Gasteiger partial charge in [0.05, 0.1) is 0 Å². The molecule has 0 spiro atoms. The summed E-state index contributed by atoms with van der Waals surface area (Å²) >= 11 is 0. The van der Waals surface area contributed by atoms with E-state index in [2.05, 4.69) is 18.7 Å². The van der Waals surface area contributed by atoms with Crippen molar-refractivity contribution in [3.05, 3.63) is 0 Å². The van der Waals surface area contributed by atoms with Crippen molar-refractivity contribution < 1.29 is 4.79 Å². The van der Waals surface area contributed by atoms with Gasteiger partial charge in [-0.05, 0) is 44.9 Å². The van der Waals surface area contributed by atoms with Crippen molar-refractivity contribution in [2.75, 3.05) is 6.54 Å². The van der Waals surface area contributed by atoms with Crippen LogP contribution in [0.25, 0.3) is 0 Å². The Kier molecular flexibility index (Phi) is 5.26. The molecule has 2 saturated carbocycles. The molecule has 3 nitrogen and oxygen atoms in total. The minimum Gasteiger partial charge on any atom is -0.340 e. The summed E-state index contributed by atoms with van der Waals surface area (Å²) in [6.07, 6.45) is 9.36. The molecule has 0 aromatic heterocycles. The van der Waals surface area contributed by atoms with Gasteiger partial charge in [0.25, 0.3) is 0 Å². The van der Waals surface area contributed by atoms with Crippen molar-refractivity contribution in [3.63, 3.8) is 0 Å². The Hall–Kier alpha value is -0.570. The molecule has 0 aliphatic heterocycles. The Labute approximate surface area is 117 Å². The molecule has 0 bridgehead atoms. The number of hydrogen-bond acceptors (Lipinski definition) is 2. The summed E-state index contributed by atoms with van der Waals surface area (Å²) in [5.41, 5.74) is 6.16. The summed E-state index contributed by atoms with van der Waals surface area (Å²) in [6.45, 7) is 5.20. The number of nitrogens with zero attached hydrogens (tertiary/aromatic N) is 1. The van der Waals surface area contributed by atoms with Crippen molar-refractivity contribution in [1.82, 2.24) is 4.90 Å². The molecule has 2 rings (SSSR count). The van der Waals surface area contributed by atoms with E-state index in [0.29, 0.717) is 17.9 Å². The predicted octanol–water partition coefficient (Wildman–Crippen LogP) is 2.93. The van der Waals surface area contributed by atoms with Gasteiger partial charge in [0.2, 0.25) is 5.91 Å². The molecule has 0 radical (unpaired) electrons. The Morgan fingerprint density at radius 3 is 2.42 bits per heavy atom. The van der Waals surface area contributed by atoms with Gasteiger partial charge >= 0.3 is 0 Å². The maximum atomic E-state index is 12.8. The molecule has 0 aromatic rings. The van der Waals surface area contributed by atoms with E-state index in [1.54, 1.807) is 0 Å². The first-order valence-corrected chi connectivity index (χ1v) is 8.19. The zero-order valence-corrected chi connectivity index (χ0v) is 12.6. The molecule has 0 saturated heterocycles. The second-order valence-corrected chi connectivity index (χ2v) is 6.57. The highest BCUT2D eigenvalue weighted by atomic mass is 16.2. The summed E-state index contributed by atoms with van der Waals surface area (Å²) in [5, 5.41) is 0. The average molecular weight is 266 g/mol. The highest BCUT2D eigenvalue weighted by molar-refractivity contribution is 5.79. The van der Waals surface area contributed by atoms with E-state index in [4.69, 9.17) is 5.73 Å². The quantitative estimate of drug-likeness (QED) is 0.853. The fourth-order valence-corrected chi connectivity index (χ4v) is 3.80. The van der Waals surface area contributed by atoms with E-state index in [1.807, 2.05) is 0 Å². The highest BCUT2D eigenvalue weighted by Crippen LogP contribution is 2.31. The third-order valence-corrected chi connectivity index (χ3v) is 5.25. The third kappa shape index (κ3) is 3.50. The van der Waals surface area contributed by atoms with Crippen LogP contribution in [0.4, 0.5) is 0 Å². The number of carbonyl (C=O) groups excluding carboxylic acids is 1. The molecular formula is C16H30N2O. The van der Waals surface area contributed by atoms with Crippen LogP contribution < -0.4 is 5.73 Å². The summed E-state index contributed by atoms with van der Waals surface area (Å²) in [7, 11) is 0. The Morgan fingerprint density at radius 2 is 1.84 bits per heavy atom. The van der Waals surface area contributed by atoms with Crippen LogP contribution in [0.1, 0.15) is 65.2 Å². The first-order chi connectivity index (χ1) is 9.13. The van der Waals surface area contributed by atoms with Crippen molar-refractivity contribution in [3.8, 4) is 0 Å². The zero-order chi connectivity index (χ0) is 13.8. The lowest BCUT2D eigenvalue weighted by Crippen LogP contribution is -2.47. The lowest BCUT2D eigenvalue weighted by Gasteiger charge is -2.38. The van der Waals surface area contributed by atoms with Gasteiger partial charge in [-0.25, -0.2) is 0 Å². The maximum absolute atomic E-state index is 12.8. The van der Waals surface area contributed by atoms with Gasteiger partial charge in [0.15, 0.2) is 0 Å². The molecule has 2 N–H and O–H groups in total. The minimum absolute atomic E-state index is 0.188. The van der Waals surface area contributed by atoms with E-state index in [-0.39, 0.29) is 12.0 Å². The predicted molar refractivity (Wildman–Crippen MR) is 78.7 cm³/mol. The molecular weight excluding hydrogens is 236 g/mol. The monoisotopic (exact) mass is 266 g/mol. The molecule has 2 fully saturated rings. The highest BCUT2D eigenvalue weighted by Gasteiger charge is 2.34. The van der Waals surface area contributed by atoms with Gasteiger partial charge in [-0.15, -0.1) is 0 Å². The number of nitrogens with two attached hydrogens (primary N) is 1. The maximum Gasteiger partial charge on any atom is 0.225 e. The van der Waals surface area contributed by atoms with Gasteiger partial charge < -0.3 is 10.6 Å². The zero-order valence-electron chi connectivity index (χ0n) is 12.6. The summed E-state index contributed by atoms with van der Waals surface area (Å²) in [4.78, 5) is 14.9. The molecule has 2 aliphatic rings. The lowest BCUT2D eigenvalue weighted by molar-refractivity contribution is -0.139. The number of hydrogen-bond donors (Lipinski definition) is 1. The number of carbonyl (C=O) groups is 1. The van der Waals surface area contributed by atoms with Crippen molar-refractivity contribution >= 4 is 5.91 Å². The standard InChI is InChI=1S/C16H30N2O/c1-3-18(14-7-5-4-6-8-14)16(19)13-10-9-12(2)15(17)11-13/h12-15H,3-11,17H2,1-2H3. The van der Waals surface area contributed by atoms with Crippen molar-refractivity contribution in [1.29, 1.82) is 0 Å². The van der Waals surface area contributed by atoms with Crippen molar-refractivity contribution in [2.45, 2.75) is 77.3 Å². The van der Waals surface area contributed by atoms with Crippen LogP contribution in [-0.2, 0) is 4.79 Å². The van der Waals surface area contributed by atoms with Gasteiger partial charge in [0.1, 0.15) is 0 Å². The van der Waals surface area contributed by atoms with Crippen molar-refractivity contribution in [2.24, 2.45) is 17.6 Å². The molecule has 19 heavy (non-hydrogen) atoms. The second-order valence-electron chi connectivity index (χ2n) is 6.57. The van der Waals surface area contributed by atoms with Crippen LogP contribution in [-0.4, -0.2) is 29.4 Å². The first kappa shape index (κ1) is 14.8. The fourth-order valence-electron chi connectivity index (χ4n) is 3.80. The smallest absolute Gasteiger partial charge is 0.225 e. The number of rotatable bonds is 3. The molecule has 0 heterocycles. The van der Waals surface area contributed by atoms with Gasteiger partial charge in [-0.1, -0.05) is 26.2 Å². The second kappa shape index (κ2) is 6.74. The van der Waals surface area contributed by atoms with Crippen LogP contribution in [0.2, 0.25) is 0 Å². The molecule has 110 valence electrons. The van der Waals surface area contributed by atoms with Crippen LogP contribution in [0, 0.1) is 11.8 Å². The first-order valence-electron chi connectivity index (χ1n) is 8.19. The molecule has 3 heteroatoms. The Bertz CT molecular complexity index is 299. The summed E-state index contributed by atoms with van der Waals surface area (Å²) in [5.74, 6) is 1.15. The van der Waals surface area contributed by atoms with Crippen LogP contribution in [0.15, 0.2) is 0 Å². The summed E-state index contributed by atoms with van der Waals surface area (Å²) < 4.78 is 0. The van der Waals surface area contributed by atoms with E-state index >= 15 is 0 Å². The fraction of sp³-hybridized carbons (Fsp3) is 0.938. The molecule has 1 amide bonds. The number of amides is 1. The van der Waals surface area contributed by atoms with Gasteiger partial charge in [-0.3, -0.25) is 4.79 Å². The van der Waals surface area contributed by atoms with Gasteiger partial charge in [0, 0.05) is 24.5 Å². The molecule has 0 aromatic carbocycles. The van der Waals surface area contributed by atoms with E-state index in [1.165, 1.54) is 32.1 Å². The lowest BCUT2D eigenvalue weighted by atomic mass is 9.78. The molecule has 3 unspecified atom stereocenters. The molecule has 2 aliphatic carbocycles. The largest absolute Gasteiger partial charge is 0.340 e. The normalized spacial score (nSPS) is 33.1. The summed E-state index contributed by atoms with van der Waals surface area (Å²) in [6, 6.07) is 0.717. The van der Waals surface area contributed by atoms with E-state index in [0.717, 1.165) is 25.8 Å². The van der Waals surface area contributed by atoms with Gasteiger partial charge in [-0.2, -0.15) is 0 Å². The van der Waals surface area contributed by atoms with Crippen LogP contribution >= 0.6 is 0 Å². The third-order valence-electron chi connectivity index (χ3n) is 5.25. The topological polar surface area (TPSA) is 46.3 Å². The average Bonchev–Trinajstić information content (AvgIpc) is 2.44. The SMILES string of the molecule is CCN(C(=O)C1CCC(C)C(N)C1)C1CCCCC1. The Morgan fingerprint density at radius 1 is 1.16 bits per heavy atom. The Balaban J connectivity index is 1.96. The van der Waals surface area contributed by atoms with E-state index < -0.39 is 0 Å². The van der Waals surface area contributed by atoms with E-state index in [9.17, 15) is 4.79 Å². The van der Waals surface area contributed by atoms with Crippen LogP contribution in [0.5, 0.6) is 0 Å². The molecule has 3 atom stereocenters. The minimum atomic E-state index is 0.188. The van der Waals surface area contributed by atoms with Crippen LogP contribution in [0.3, 0.4) is 0 Å².